The second-order valence-corrected chi connectivity index (χ2v) is 6.56. The first-order valence-corrected chi connectivity index (χ1v) is 9.53. The molecule has 0 radical (unpaired) electrons. The summed E-state index contributed by atoms with van der Waals surface area (Å²) in [5.74, 6) is -0.416. The number of carbonyl (C=O) groups excluding carboxylic acids is 1. The molecule has 0 heterocycles. The highest BCUT2D eigenvalue weighted by atomic mass is 17.2. The molecule has 4 atom stereocenters. The molecular weight excluding hydrogens is 374 g/mol. The Morgan fingerprint density at radius 1 is 1.21 bits per heavy atom. The van der Waals surface area contributed by atoms with Gasteiger partial charge in [0.1, 0.15) is 6.23 Å². The predicted octanol–water partition coefficient (Wildman–Crippen LogP) is -1.59. The van der Waals surface area contributed by atoms with Gasteiger partial charge < -0.3 is 35.8 Å². The Balaban J connectivity index is 3.94. The van der Waals surface area contributed by atoms with Crippen molar-refractivity contribution in [1.82, 2.24) is 10.6 Å². The third kappa shape index (κ3) is 13.3. The molecule has 0 saturated heterocycles. The van der Waals surface area contributed by atoms with Crippen molar-refractivity contribution in [2.75, 3.05) is 39.7 Å². The second kappa shape index (κ2) is 17.0. The van der Waals surface area contributed by atoms with Crippen molar-refractivity contribution >= 4 is 5.91 Å². The fraction of sp³-hybridized carbons (Fsp3) is 0.941. The van der Waals surface area contributed by atoms with Crippen LogP contribution >= 0.6 is 0 Å². The number of amides is 1. The smallest absolute Gasteiger partial charge is 0.234 e. The Hall–Kier alpha value is -0.890. The van der Waals surface area contributed by atoms with E-state index in [0.29, 0.717) is 6.42 Å². The number of rotatable bonds is 18. The van der Waals surface area contributed by atoms with E-state index in [1.54, 1.807) is 0 Å². The molecule has 0 aliphatic carbocycles. The van der Waals surface area contributed by atoms with Gasteiger partial charge in [-0.3, -0.25) is 10.1 Å². The first-order valence-electron chi connectivity index (χ1n) is 9.53. The van der Waals surface area contributed by atoms with Crippen molar-refractivity contribution < 1.29 is 39.4 Å². The zero-order valence-corrected chi connectivity index (χ0v) is 17.0. The Kier molecular flexibility index (Phi) is 16.5. The minimum absolute atomic E-state index is 0.0458. The van der Waals surface area contributed by atoms with Crippen LogP contribution < -0.4 is 16.4 Å². The number of aliphatic hydroxyl groups is 3. The summed E-state index contributed by atoms with van der Waals surface area (Å²) in [6, 6.07) is -0.578. The van der Waals surface area contributed by atoms with E-state index in [2.05, 4.69) is 10.6 Å². The van der Waals surface area contributed by atoms with Gasteiger partial charge in [-0.2, -0.15) is 0 Å². The molecule has 0 saturated carbocycles. The Bertz CT molecular complexity index is 389. The van der Waals surface area contributed by atoms with Gasteiger partial charge in [0.2, 0.25) is 5.91 Å². The number of nitrogens with one attached hydrogen (secondary N) is 2. The number of carbonyl (C=O) groups is 1. The second-order valence-electron chi connectivity index (χ2n) is 6.56. The third-order valence-electron chi connectivity index (χ3n) is 3.71. The van der Waals surface area contributed by atoms with Gasteiger partial charge in [0.05, 0.1) is 38.5 Å². The maximum atomic E-state index is 11.4. The fourth-order valence-electron chi connectivity index (χ4n) is 2.12. The van der Waals surface area contributed by atoms with E-state index in [1.807, 2.05) is 20.8 Å². The van der Waals surface area contributed by atoms with Gasteiger partial charge in [-0.1, -0.05) is 27.2 Å². The maximum absolute atomic E-state index is 11.4. The van der Waals surface area contributed by atoms with E-state index in [0.717, 1.165) is 6.42 Å². The van der Waals surface area contributed by atoms with E-state index < -0.39 is 24.7 Å². The van der Waals surface area contributed by atoms with Crippen LogP contribution in [-0.2, 0) is 24.0 Å². The molecular formula is C17H37N3O8. The van der Waals surface area contributed by atoms with Crippen molar-refractivity contribution in [2.45, 2.75) is 58.3 Å². The number of ether oxygens (including phenoxy) is 2. The number of hydrogen-bond acceptors (Lipinski definition) is 10. The molecule has 0 fully saturated rings. The van der Waals surface area contributed by atoms with E-state index in [-0.39, 0.29) is 51.5 Å². The summed E-state index contributed by atoms with van der Waals surface area (Å²) in [7, 11) is 0. The summed E-state index contributed by atoms with van der Waals surface area (Å²) in [5, 5.41) is 33.7. The van der Waals surface area contributed by atoms with E-state index >= 15 is 0 Å². The number of aliphatic hydroxyl groups excluding tert-OH is 3. The van der Waals surface area contributed by atoms with Gasteiger partial charge >= 0.3 is 0 Å². The molecule has 28 heavy (non-hydrogen) atoms. The van der Waals surface area contributed by atoms with E-state index in [4.69, 9.17) is 30.1 Å². The van der Waals surface area contributed by atoms with Gasteiger partial charge in [0, 0.05) is 6.54 Å². The molecule has 0 rings (SSSR count). The lowest BCUT2D eigenvalue weighted by Gasteiger charge is -2.27. The number of nitrogens with two attached hydrogens (primary N) is 1. The Morgan fingerprint density at radius 3 is 2.50 bits per heavy atom. The zero-order chi connectivity index (χ0) is 21.4. The molecule has 0 aromatic heterocycles. The van der Waals surface area contributed by atoms with Crippen molar-refractivity contribution in [3.8, 4) is 0 Å². The average Bonchev–Trinajstić information content (AvgIpc) is 2.68. The van der Waals surface area contributed by atoms with Crippen molar-refractivity contribution in [1.29, 1.82) is 0 Å². The molecule has 11 nitrogen and oxygen atoms in total. The van der Waals surface area contributed by atoms with Crippen LogP contribution in [0.3, 0.4) is 0 Å². The highest BCUT2D eigenvalue weighted by Gasteiger charge is 2.24. The number of hydrogen-bond donors (Lipinski definition) is 6. The van der Waals surface area contributed by atoms with Gasteiger partial charge in [0.15, 0.2) is 13.1 Å². The average molecular weight is 411 g/mol. The van der Waals surface area contributed by atoms with Crippen LogP contribution in [0, 0.1) is 5.92 Å². The SMILES string of the molecule is CCCC(NC[C@@H](O)CO)OOCOCCOC(O)[C@@H](NC(=O)CN)C(C)C. The Morgan fingerprint density at radius 2 is 1.93 bits per heavy atom. The largest absolute Gasteiger partial charge is 0.394 e. The molecule has 0 bridgehead atoms. The summed E-state index contributed by atoms with van der Waals surface area (Å²) in [6.07, 6.45) is -1.01. The van der Waals surface area contributed by atoms with Crippen LogP contribution in [0.25, 0.3) is 0 Å². The highest BCUT2D eigenvalue weighted by molar-refractivity contribution is 5.78. The fourth-order valence-corrected chi connectivity index (χ4v) is 2.12. The van der Waals surface area contributed by atoms with Crippen LogP contribution in [0.1, 0.15) is 33.6 Å². The lowest BCUT2D eigenvalue weighted by molar-refractivity contribution is -0.367. The van der Waals surface area contributed by atoms with Crippen molar-refractivity contribution in [3.63, 3.8) is 0 Å². The van der Waals surface area contributed by atoms with Crippen LogP contribution in [-0.4, -0.2) is 85.6 Å². The summed E-state index contributed by atoms with van der Waals surface area (Å²) < 4.78 is 10.5. The molecule has 7 N–H and O–H groups in total. The van der Waals surface area contributed by atoms with Crippen molar-refractivity contribution in [2.24, 2.45) is 11.7 Å². The topological polar surface area (TPSA) is 165 Å². The van der Waals surface area contributed by atoms with Crippen LogP contribution in [0.2, 0.25) is 0 Å². The lowest BCUT2D eigenvalue weighted by Crippen LogP contribution is -2.49. The van der Waals surface area contributed by atoms with Crippen molar-refractivity contribution in [3.05, 3.63) is 0 Å². The predicted molar refractivity (Wildman–Crippen MR) is 101 cm³/mol. The summed E-state index contributed by atoms with van der Waals surface area (Å²) >= 11 is 0. The van der Waals surface area contributed by atoms with Crippen LogP contribution in [0.5, 0.6) is 0 Å². The van der Waals surface area contributed by atoms with Crippen LogP contribution in [0.4, 0.5) is 0 Å². The first-order chi connectivity index (χ1) is 13.3. The van der Waals surface area contributed by atoms with Gasteiger partial charge in [-0.15, -0.1) is 0 Å². The summed E-state index contributed by atoms with van der Waals surface area (Å²) in [6.45, 7) is 5.41. The van der Waals surface area contributed by atoms with Gasteiger partial charge in [-0.05, 0) is 12.3 Å². The molecule has 0 spiro atoms. The molecule has 0 aliphatic rings. The highest BCUT2D eigenvalue weighted by Crippen LogP contribution is 2.08. The molecule has 0 aromatic rings. The monoisotopic (exact) mass is 411 g/mol. The Labute approximate surface area is 166 Å². The molecule has 168 valence electrons. The zero-order valence-electron chi connectivity index (χ0n) is 17.0. The van der Waals surface area contributed by atoms with Gasteiger partial charge in [-0.25, -0.2) is 9.78 Å². The molecule has 0 aromatic carbocycles. The lowest BCUT2D eigenvalue weighted by atomic mass is 10.0. The summed E-state index contributed by atoms with van der Waals surface area (Å²) in [4.78, 5) is 21.5. The molecule has 0 aliphatic heterocycles. The van der Waals surface area contributed by atoms with E-state index in [1.165, 1.54) is 0 Å². The molecule has 11 heteroatoms. The minimum Gasteiger partial charge on any atom is -0.394 e. The van der Waals surface area contributed by atoms with E-state index in [9.17, 15) is 15.0 Å². The standard InChI is InChI=1S/C17H37N3O8/c1-4-5-15(19-9-13(22)10-21)28-27-11-25-6-7-26-17(24)16(12(2)3)20-14(23)8-18/h12-13,15-17,19,21-22,24H,4-11,18H2,1-3H3,(H,20,23)/t13-,15?,16+,17?/m1/s1. The summed E-state index contributed by atoms with van der Waals surface area (Å²) in [5.41, 5.74) is 5.26. The van der Waals surface area contributed by atoms with Crippen LogP contribution in [0.15, 0.2) is 0 Å². The minimum atomic E-state index is -1.19. The maximum Gasteiger partial charge on any atom is 0.234 e. The third-order valence-corrected chi connectivity index (χ3v) is 3.71. The first kappa shape index (κ1) is 27.1. The van der Waals surface area contributed by atoms with Gasteiger partial charge in [0.25, 0.3) is 0 Å². The molecule has 2 unspecified atom stereocenters. The normalized spacial score (nSPS) is 16.0. The molecule has 1 amide bonds. The quantitative estimate of drug-likeness (QED) is 0.0670.